The molecule has 7 heteroatoms. The first-order valence-electron chi connectivity index (χ1n) is 13.2. The van der Waals surface area contributed by atoms with Gasteiger partial charge in [-0.15, -0.1) is 12.4 Å². The van der Waals surface area contributed by atoms with E-state index in [1.54, 1.807) is 6.20 Å². The third kappa shape index (κ3) is 6.28. The molecular weight excluding hydrogens is 510 g/mol. The molecule has 1 aliphatic rings. The van der Waals surface area contributed by atoms with Gasteiger partial charge in [0.2, 0.25) is 5.91 Å². The number of benzene rings is 3. The number of hydrogen-bond acceptors (Lipinski definition) is 4. The summed E-state index contributed by atoms with van der Waals surface area (Å²) in [7, 11) is 0. The van der Waals surface area contributed by atoms with Crippen LogP contribution in [0, 0.1) is 6.92 Å². The summed E-state index contributed by atoms with van der Waals surface area (Å²) in [5.41, 5.74) is 4.68. The van der Waals surface area contributed by atoms with Crippen LogP contribution < -0.4 is 14.8 Å². The average Bonchev–Trinajstić information content (AvgIpc) is 3.41. The third-order valence-corrected chi connectivity index (χ3v) is 6.99. The molecule has 2 heterocycles. The van der Waals surface area contributed by atoms with Crippen LogP contribution >= 0.6 is 12.4 Å². The van der Waals surface area contributed by atoms with Gasteiger partial charge in [-0.05, 0) is 42.0 Å². The second kappa shape index (κ2) is 12.0. The molecule has 5 rings (SSSR count). The van der Waals surface area contributed by atoms with Gasteiger partial charge in [-0.1, -0.05) is 69.3 Å². The van der Waals surface area contributed by atoms with Gasteiger partial charge in [0.05, 0.1) is 18.6 Å². The average molecular weight is 546 g/mol. The Morgan fingerprint density at radius 1 is 1.03 bits per heavy atom. The smallest absolute Gasteiger partial charge is 0.225 e. The van der Waals surface area contributed by atoms with E-state index in [1.165, 1.54) is 0 Å². The van der Waals surface area contributed by atoms with Crippen molar-refractivity contribution in [2.75, 3.05) is 11.9 Å². The summed E-state index contributed by atoms with van der Waals surface area (Å²) in [6, 6.07) is 20.1. The van der Waals surface area contributed by atoms with E-state index >= 15 is 0 Å². The summed E-state index contributed by atoms with van der Waals surface area (Å²) < 4.78 is 14.5. The number of para-hydroxylation sites is 2. The predicted octanol–water partition coefficient (Wildman–Crippen LogP) is 7.65. The molecule has 0 unspecified atom stereocenters. The summed E-state index contributed by atoms with van der Waals surface area (Å²) in [6.07, 6.45) is 6.67. The van der Waals surface area contributed by atoms with Gasteiger partial charge in [-0.3, -0.25) is 4.79 Å². The standard InChI is InChI=1S/C32H35N3O3.ClH/c1-22-14-15-26(32(2,3)4)30(31(22)37-19-9-17-35-18-16-33-21-35)34-29(36)20-25-23-10-5-7-12-27(23)38-28-13-8-6-11-24(25)28;/h5-8,10-16,18,21,25H,9,17,19-20H2,1-4H3,(H,34,36);1H. The fraction of sp³-hybridized carbons (Fsp3) is 0.312. The van der Waals surface area contributed by atoms with Gasteiger partial charge >= 0.3 is 0 Å². The third-order valence-electron chi connectivity index (χ3n) is 6.99. The van der Waals surface area contributed by atoms with E-state index in [0.29, 0.717) is 13.0 Å². The highest BCUT2D eigenvalue weighted by Gasteiger charge is 2.30. The van der Waals surface area contributed by atoms with Crippen LogP contribution in [0.5, 0.6) is 17.2 Å². The highest BCUT2D eigenvalue weighted by atomic mass is 35.5. The number of aryl methyl sites for hydroxylation is 2. The molecule has 3 aromatic carbocycles. The minimum absolute atomic E-state index is 0. The lowest BCUT2D eigenvalue weighted by atomic mass is 9.84. The van der Waals surface area contributed by atoms with Crippen molar-refractivity contribution in [3.8, 4) is 17.2 Å². The second-order valence-corrected chi connectivity index (χ2v) is 10.9. The van der Waals surface area contributed by atoms with Crippen molar-refractivity contribution in [3.05, 3.63) is 102 Å². The maximum atomic E-state index is 13.7. The van der Waals surface area contributed by atoms with E-state index in [4.69, 9.17) is 9.47 Å². The van der Waals surface area contributed by atoms with E-state index in [0.717, 1.165) is 58.2 Å². The molecule has 0 saturated carbocycles. The van der Waals surface area contributed by atoms with Crippen LogP contribution in [0.15, 0.2) is 79.4 Å². The summed E-state index contributed by atoms with van der Waals surface area (Å²) in [5, 5.41) is 3.27. The zero-order valence-electron chi connectivity index (χ0n) is 22.9. The van der Waals surface area contributed by atoms with Gasteiger partial charge in [0.1, 0.15) is 17.2 Å². The van der Waals surface area contributed by atoms with E-state index in [1.807, 2.05) is 72.5 Å². The number of halogens is 1. The van der Waals surface area contributed by atoms with Gasteiger partial charge in [-0.2, -0.15) is 0 Å². The van der Waals surface area contributed by atoms with E-state index in [9.17, 15) is 4.79 Å². The van der Waals surface area contributed by atoms with Crippen LogP contribution in [-0.4, -0.2) is 22.1 Å². The number of fused-ring (bicyclic) bond motifs is 2. The first-order valence-corrected chi connectivity index (χ1v) is 13.2. The number of amides is 1. The molecule has 39 heavy (non-hydrogen) atoms. The van der Waals surface area contributed by atoms with Crippen LogP contribution in [0.2, 0.25) is 0 Å². The molecule has 0 saturated heterocycles. The van der Waals surface area contributed by atoms with Crippen molar-refractivity contribution in [1.82, 2.24) is 9.55 Å². The molecule has 0 fully saturated rings. The number of carbonyl (C=O) groups excluding carboxylic acids is 1. The zero-order valence-corrected chi connectivity index (χ0v) is 23.8. The fourth-order valence-electron chi connectivity index (χ4n) is 5.07. The van der Waals surface area contributed by atoms with Crippen molar-refractivity contribution in [1.29, 1.82) is 0 Å². The summed E-state index contributed by atoms with van der Waals surface area (Å²) in [4.78, 5) is 17.8. The quantitative estimate of drug-likeness (QED) is 0.231. The molecule has 204 valence electrons. The monoisotopic (exact) mass is 545 g/mol. The van der Waals surface area contributed by atoms with Crippen molar-refractivity contribution in [2.24, 2.45) is 0 Å². The van der Waals surface area contributed by atoms with Gasteiger partial charge in [0.15, 0.2) is 0 Å². The Labute approximate surface area is 236 Å². The fourth-order valence-corrected chi connectivity index (χ4v) is 5.07. The molecule has 1 amide bonds. The number of imidazole rings is 1. The van der Waals surface area contributed by atoms with Crippen LogP contribution in [0.25, 0.3) is 0 Å². The minimum atomic E-state index is -0.177. The number of hydrogen-bond donors (Lipinski definition) is 1. The number of aromatic nitrogens is 2. The Morgan fingerprint density at radius 2 is 1.69 bits per heavy atom. The molecule has 4 aromatic rings. The highest BCUT2D eigenvalue weighted by Crippen LogP contribution is 2.46. The predicted molar refractivity (Wildman–Crippen MR) is 158 cm³/mol. The largest absolute Gasteiger partial charge is 0.491 e. The molecule has 1 aromatic heterocycles. The maximum Gasteiger partial charge on any atom is 0.225 e. The first kappa shape index (κ1) is 28.2. The van der Waals surface area contributed by atoms with Gasteiger partial charge < -0.3 is 19.4 Å². The Balaban J connectivity index is 0.00000353. The van der Waals surface area contributed by atoms with Crippen LogP contribution in [-0.2, 0) is 16.8 Å². The van der Waals surface area contributed by atoms with Gasteiger partial charge in [0.25, 0.3) is 0 Å². The zero-order chi connectivity index (χ0) is 26.7. The summed E-state index contributed by atoms with van der Waals surface area (Å²) >= 11 is 0. The van der Waals surface area contributed by atoms with Crippen LogP contribution in [0.1, 0.15) is 61.8 Å². The van der Waals surface area contributed by atoms with Crippen molar-refractivity contribution >= 4 is 24.0 Å². The molecule has 0 bridgehead atoms. The van der Waals surface area contributed by atoms with E-state index in [2.05, 4.69) is 43.2 Å². The summed E-state index contributed by atoms with van der Waals surface area (Å²) in [6.45, 7) is 9.85. The topological polar surface area (TPSA) is 65.4 Å². The number of rotatable bonds is 8. The Kier molecular flexibility index (Phi) is 8.66. The molecular formula is C32H36ClN3O3. The second-order valence-electron chi connectivity index (χ2n) is 10.9. The molecule has 6 nitrogen and oxygen atoms in total. The number of carbonyl (C=O) groups is 1. The minimum Gasteiger partial charge on any atom is -0.491 e. The summed E-state index contributed by atoms with van der Waals surface area (Å²) in [5.74, 6) is 2.19. The first-order chi connectivity index (χ1) is 18.3. The normalized spacial score (nSPS) is 12.5. The molecule has 0 radical (unpaired) electrons. The lowest BCUT2D eigenvalue weighted by molar-refractivity contribution is -0.116. The Hall–Kier alpha value is -3.77. The lowest BCUT2D eigenvalue weighted by Crippen LogP contribution is -2.23. The van der Waals surface area contributed by atoms with E-state index < -0.39 is 0 Å². The molecule has 1 N–H and O–H groups in total. The number of nitrogens with one attached hydrogen (secondary N) is 1. The number of ether oxygens (including phenoxy) is 2. The Bertz CT molecular complexity index is 1380. The molecule has 0 aliphatic carbocycles. The highest BCUT2D eigenvalue weighted by molar-refractivity contribution is 5.95. The van der Waals surface area contributed by atoms with Crippen molar-refractivity contribution < 1.29 is 14.3 Å². The maximum absolute atomic E-state index is 13.7. The van der Waals surface area contributed by atoms with Gasteiger partial charge in [0, 0.05) is 42.4 Å². The Morgan fingerprint density at radius 3 is 2.31 bits per heavy atom. The van der Waals surface area contributed by atoms with E-state index in [-0.39, 0.29) is 29.6 Å². The van der Waals surface area contributed by atoms with Gasteiger partial charge in [-0.25, -0.2) is 4.98 Å². The lowest BCUT2D eigenvalue weighted by Gasteiger charge is -2.29. The number of anilines is 1. The van der Waals surface area contributed by atoms with Crippen LogP contribution in [0.3, 0.4) is 0 Å². The van der Waals surface area contributed by atoms with Crippen LogP contribution in [0.4, 0.5) is 5.69 Å². The molecule has 1 aliphatic heterocycles. The van der Waals surface area contributed by atoms with Crippen molar-refractivity contribution in [3.63, 3.8) is 0 Å². The SMILES string of the molecule is Cc1ccc(C(C)(C)C)c(NC(=O)CC2c3ccccc3Oc3ccccc32)c1OCCCn1ccnc1.Cl. The molecule has 0 spiro atoms. The number of nitrogens with zero attached hydrogens (tertiary/aromatic N) is 2. The molecule has 0 atom stereocenters. The van der Waals surface area contributed by atoms with Crippen molar-refractivity contribution in [2.45, 2.75) is 58.4 Å².